The zero-order chi connectivity index (χ0) is 22.7. The highest BCUT2D eigenvalue weighted by Crippen LogP contribution is 2.28. The molecule has 0 amide bonds. The first-order valence-electron chi connectivity index (χ1n) is 9.29. The molecule has 0 saturated carbocycles. The minimum Gasteiger partial charge on any atom is -0.258 e. The molecule has 0 saturated heterocycles. The highest BCUT2D eigenvalue weighted by atomic mass is 32.2. The van der Waals surface area contributed by atoms with Crippen molar-refractivity contribution in [1.29, 1.82) is 0 Å². The zero-order valence-corrected chi connectivity index (χ0v) is 18.9. The highest BCUT2D eigenvalue weighted by molar-refractivity contribution is 7.89. The fourth-order valence-electron chi connectivity index (χ4n) is 2.98. The fraction of sp³-hybridized carbons (Fsp3) is 0.368. The number of hydrogen-bond donors (Lipinski definition) is 0. The fourth-order valence-corrected chi connectivity index (χ4v) is 5.79. The molecule has 0 aliphatic carbocycles. The molecule has 30 heavy (non-hydrogen) atoms. The van der Waals surface area contributed by atoms with Crippen molar-refractivity contribution >= 4 is 25.7 Å². The molecule has 1 atom stereocenters. The van der Waals surface area contributed by atoms with Gasteiger partial charge in [0.05, 0.1) is 14.7 Å². The lowest BCUT2D eigenvalue weighted by Crippen LogP contribution is -2.31. The summed E-state index contributed by atoms with van der Waals surface area (Å²) in [4.78, 5) is 10.4. The monoisotopic (exact) mass is 455 g/mol. The van der Waals surface area contributed by atoms with Gasteiger partial charge in [-0.2, -0.15) is 8.61 Å². The SMILES string of the molecule is CCN(CC)S(=O)(=O)c1ccc(S(=O)(=O)N(C)C(C)c2cccc([N+](=O)[O-])c2)cc1. The first kappa shape index (κ1) is 23.9. The van der Waals surface area contributed by atoms with Gasteiger partial charge in [-0.25, -0.2) is 16.8 Å². The molecule has 0 fully saturated rings. The first-order chi connectivity index (χ1) is 14.0. The molecule has 9 nitrogen and oxygen atoms in total. The van der Waals surface area contributed by atoms with E-state index in [1.54, 1.807) is 26.8 Å². The highest BCUT2D eigenvalue weighted by Gasteiger charge is 2.28. The molecule has 0 N–H and O–H groups in total. The maximum absolute atomic E-state index is 13.0. The van der Waals surface area contributed by atoms with Crippen molar-refractivity contribution in [3.63, 3.8) is 0 Å². The Labute approximate surface area is 177 Å². The van der Waals surface area contributed by atoms with Crippen LogP contribution in [-0.4, -0.2) is 50.5 Å². The van der Waals surface area contributed by atoms with Crippen LogP contribution in [0.2, 0.25) is 0 Å². The Morgan fingerprint density at radius 2 is 1.43 bits per heavy atom. The normalized spacial score (nSPS) is 13.5. The van der Waals surface area contributed by atoms with E-state index in [2.05, 4.69) is 0 Å². The van der Waals surface area contributed by atoms with Crippen LogP contribution in [0.4, 0.5) is 5.69 Å². The molecule has 1 unspecified atom stereocenters. The molecule has 2 aromatic carbocycles. The summed E-state index contributed by atoms with van der Waals surface area (Å²) < 4.78 is 53.6. The van der Waals surface area contributed by atoms with E-state index < -0.39 is 31.0 Å². The topological polar surface area (TPSA) is 118 Å². The van der Waals surface area contributed by atoms with Crippen LogP contribution >= 0.6 is 0 Å². The molecular weight excluding hydrogens is 430 g/mol. The van der Waals surface area contributed by atoms with E-state index in [0.29, 0.717) is 18.7 Å². The Kier molecular flexibility index (Phi) is 7.35. The van der Waals surface area contributed by atoms with E-state index in [-0.39, 0.29) is 15.5 Å². The lowest BCUT2D eigenvalue weighted by atomic mass is 10.1. The predicted molar refractivity (Wildman–Crippen MR) is 113 cm³/mol. The van der Waals surface area contributed by atoms with Gasteiger partial charge in [-0.05, 0) is 36.8 Å². The molecule has 0 aromatic heterocycles. The second kappa shape index (κ2) is 9.21. The summed E-state index contributed by atoms with van der Waals surface area (Å²) in [6.45, 7) is 5.69. The van der Waals surface area contributed by atoms with Crippen molar-refractivity contribution in [1.82, 2.24) is 8.61 Å². The second-order valence-electron chi connectivity index (χ2n) is 6.61. The van der Waals surface area contributed by atoms with E-state index in [1.165, 1.54) is 53.8 Å². The van der Waals surface area contributed by atoms with Crippen LogP contribution < -0.4 is 0 Å². The molecular formula is C19H25N3O6S2. The number of nitro groups is 1. The average molecular weight is 456 g/mol. The van der Waals surface area contributed by atoms with Gasteiger partial charge in [0.25, 0.3) is 5.69 Å². The second-order valence-corrected chi connectivity index (χ2v) is 10.5. The summed E-state index contributed by atoms with van der Waals surface area (Å²) in [7, 11) is -6.28. The standard InChI is InChI=1S/C19H25N3O6S2/c1-5-21(6-2)30(27,28)19-12-10-18(11-13-19)29(25,26)20(4)15(3)16-8-7-9-17(14-16)22(23)24/h7-15H,5-6H2,1-4H3. The third-order valence-corrected chi connectivity index (χ3v) is 8.96. The number of benzene rings is 2. The number of nitro benzene ring substituents is 1. The quantitative estimate of drug-likeness (QED) is 0.424. The van der Waals surface area contributed by atoms with Crippen LogP contribution in [0.25, 0.3) is 0 Å². The van der Waals surface area contributed by atoms with Gasteiger partial charge in [-0.1, -0.05) is 26.0 Å². The number of nitrogens with zero attached hydrogens (tertiary/aromatic N) is 3. The van der Waals surface area contributed by atoms with E-state index in [1.807, 2.05) is 0 Å². The van der Waals surface area contributed by atoms with Crippen molar-refractivity contribution in [2.45, 2.75) is 36.6 Å². The van der Waals surface area contributed by atoms with Gasteiger partial charge in [-0.15, -0.1) is 0 Å². The molecule has 0 heterocycles. The Bertz CT molecular complexity index is 1110. The van der Waals surface area contributed by atoms with Crippen LogP contribution in [0.15, 0.2) is 58.3 Å². The Balaban J connectivity index is 2.34. The van der Waals surface area contributed by atoms with Crippen LogP contribution in [0.1, 0.15) is 32.4 Å². The Hall–Kier alpha value is -2.34. The van der Waals surface area contributed by atoms with Crippen molar-refractivity contribution < 1.29 is 21.8 Å². The number of non-ortho nitro benzene ring substituents is 1. The van der Waals surface area contributed by atoms with Gasteiger partial charge < -0.3 is 0 Å². The first-order valence-corrected chi connectivity index (χ1v) is 12.2. The number of hydrogen-bond acceptors (Lipinski definition) is 6. The molecule has 0 bridgehead atoms. The molecule has 11 heteroatoms. The summed E-state index contributed by atoms with van der Waals surface area (Å²) in [5.74, 6) is 0. The van der Waals surface area contributed by atoms with Gasteiger partial charge >= 0.3 is 0 Å². The smallest absolute Gasteiger partial charge is 0.258 e. The Morgan fingerprint density at radius 1 is 0.933 bits per heavy atom. The third kappa shape index (κ3) is 4.69. The summed E-state index contributed by atoms with van der Waals surface area (Å²) in [6, 6.07) is 10.1. The zero-order valence-electron chi connectivity index (χ0n) is 17.2. The minimum absolute atomic E-state index is 0.0135. The van der Waals surface area contributed by atoms with Crippen LogP contribution in [0.3, 0.4) is 0 Å². The maximum atomic E-state index is 13.0. The summed E-state index contributed by atoms with van der Waals surface area (Å²) in [5.41, 5.74) is 0.340. The third-order valence-electron chi connectivity index (χ3n) is 4.95. The molecule has 0 spiro atoms. The van der Waals surface area contributed by atoms with E-state index >= 15 is 0 Å². The van der Waals surface area contributed by atoms with Gasteiger partial charge in [0.1, 0.15) is 0 Å². The van der Waals surface area contributed by atoms with Crippen molar-refractivity contribution in [3.8, 4) is 0 Å². The molecule has 164 valence electrons. The van der Waals surface area contributed by atoms with E-state index in [0.717, 1.165) is 4.31 Å². The van der Waals surface area contributed by atoms with E-state index in [4.69, 9.17) is 0 Å². The summed E-state index contributed by atoms with van der Waals surface area (Å²) in [5, 5.41) is 11.0. The largest absolute Gasteiger partial charge is 0.269 e. The lowest BCUT2D eigenvalue weighted by molar-refractivity contribution is -0.384. The van der Waals surface area contributed by atoms with Gasteiger partial charge in [-0.3, -0.25) is 10.1 Å². The van der Waals surface area contributed by atoms with Gasteiger partial charge in [0.2, 0.25) is 20.0 Å². The van der Waals surface area contributed by atoms with Crippen molar-refractivity contribution in [2.75, 3.05) is 20.1 Å². The van der Waals surface area contributed by atoms with Crippen molar-refractivity contribution in [2.24, 2.45) is 0 Å². The van der Waals surface area contributed by atoms with Crippen LogP contribution in [0.5, 0.6) is 0 Å². The average Bonchev–Trinajstić information content (AvgIpc) is 2.73. The molecule has 2 aromatic rings. The minimum atomic E-state index is -3.96. The molecule has 0 radical (unpaired) electrons. The maximum Gasteiger partial charge on any atom is 0.269 e. The van der Waals surface area contributed by atoms with Gasteiger partial charge in [0, 0.05) is 38.3 Å². The number of rotatable bonds is 9. The Morgan fingerprint density at radius 3 is 1.90 bits per heavy atom. The number of sulfonamides is 2. The van der Waals surface area contributed by atoms with Gasteiger partial charge in [0.15, 0.2) is 0 Å². The molecule has 0 aliphatic heterocycles. The molecule has 0 aliphatic rings. The van der Waals surface area contributed by atoms with E-state index in [9.17, 15) is 26.9 Å². The molecule has 2 rings (SSSR count). The van der Waals surface area contributed by atoms with Crippen LogP contribution in [-0.2, 0) is 20.0 Å². The summed E-state index contributed by atoms with van der Waals surface area (Å²) in [6.07, 6.45) is 0. The van der Waals surface area contributed by atoms with Crippen molar-refractivity contribution in [3.05, 3.63) is 64.2 Å². The lowest BCUT2D eigenvalue weighted by Gasteiger charge is -2.25. The summed E-state index contributed by atoms with van der Waals surface area (Å²) >= 11 is 0. The predicted octanol–water partition coefficient (Wildman–Crippen LogP) is 3.01. The van der Waals surface area contributed by atoms with Crippen LogP contribution in [0, 0.1) is 10.1 Å².